The molecule has 0 saturated carbocycles. The molecule has 0 unspecified atom stereocenters. The SMILES string of the molecule is O=C(O)c1cc(Cl)cc(Cl)c1OCc1c(Cl)cccc1Cl. The molecule has 0 amide bonds. The average Bonchev–Trinajstić information content (AvgIpc) is 2.39. The van der Waals surface area contributed by atoms with Gasteiger partial charge in [0, 0.05) is 20.6 Å². The lowest BCUT2D eigenvalue weighted by Crippen LogP contribution is -2.05. The maximum absolute atomic E-state index is 11.2. The van der Waals surface area contributed by atoms with Crippen LogP contribution in [0.5, 0.6) is 5.75 Å². The van der Waals surface area contributed by atoms with Crippen molar-refractivity contribution in [2.24, 2.45) is 0 Å². The van der Waals surface area contributed by atoms with Crippen LogP contribution in [0.25, 0.3) is 0 Å². The number of hydrogen-bond donors (Lipinski definition) is 1. The summed E-state index contributed by atoms with van der Waals surface area (Å²) in [6, 6.07) is 7.69. The Morgan fingerprint density at radius 1 is 1.05 bits per heavy atom. The minimum atomic E-state index is -1.19. The predicted molar refractivity (Wildman–Crippen MR) is 84.2 cm³/mol. The van der Waals surface area contributed by atoms with Crippen LogP contribution in [0.15, 0.2) is 30.3 Å². The molecule has 0 bridgehead atoms. The van der Waals surface area contributed by atoms with E-state index in [1.54, 1.807) is 18.2 Å². The number of rotatable bonds is 4. The van der Waals surface area contributed by atoms with Gasteiger partial charge in [-0.1, -0.05) is 52.5 Å². The van der Waals surface area contributed by atoms with Gasteiger partial charge >= 0.3 is 5.97 Å². The van der Waals surface area contributed by atoms with Crippen molar-refractivity contribution in [2.75, 3.05) is 0 Å². The molecule has 0 spiro atoms. The minimum absolute atomic E-state index is 0.0138. The Balaban J connectivity index is 2.34. The van der Waals surface area contributed by atoms with E-state index in [1.807, 2.05) is 0 Å². The second-order valence-corrected chi connectivity index (χ2v) is 5.72. The molecule has 0 aliphatic rings. The molecule has 0 radical (unpaired) electrons. The van der Waals surface area contributed by atoms with E-state index in [-0.39, 0.29) is 28.0 Å². The monoisotopic (exact) mass is 364 g/mol. The largest absolute Gasteiger partial charge is 0.486 e. The smallest absolute Gasteiger partial charge is 0.339 e. The molecular formula is C14H8Cl4O3. The first-order valence-electron chi connectivity index (χ1n) is 5.68. The van der Waals surface area contributed by atoms with Gasteiger partial charge in [0.15, 0.2) is 5.75 Å². The van der Waals surface area contributed by atoms with Crippen molar-refractivity contribution in [2.45, 2.75) is 6.61 Å². The Morgan fingerprint density at radius 2 is 1.67 bits per heavy atom. The average molecular weight is 366 g/mol. The van der Waals surface area contributed by atoms with Gasteiger partial charge in [-0.25, -0.2) is 4.79 Å². The summed E-state index contributed by atoms with van der Waals surface area (Å²) in [6.07, 6.45) is 0. The van der Waals surface area contributed by atoms with Crippen molar-refractivity contribution in [3.05, 3.63) is 61.5 Å². The summed E-state index contributed by atoms with van der Waals surface area (Å²) in [4.78, 5) is 11.2. The summed E-state index contributed by atoms with van der Waals surface area (Å²) >= 11 is 23.8. The van der Waals surface area contributed by atoms with E-state index in [1.165, 1.54) is 12.1 Å². The van der Waals surface area contributed by atoms with Crippen molar-refractivity contribution in [3.8, 4) is 5.75 Å². The second-order valence-electron chi connectivity index (χ2n) is 4.06. The molecule has 2 aromatic rings. The number of halogens is 4. The van der Waals surface area contributed by atoms with E-state index in [0.717, 1.165) is 0 Å². The topological polar surface area (TPSA) is 46.5 Å². The van der Waals surface area contributed by atoms with Crippen LogP contribution in [0.2, 0.25) is 20.1 Å². The second kappa shape index (κ2) is 6.75. The van der Waals surface area contributed by atoms with Gasteiger partial charge in [-0.2, -0.15) is 0 Å². The van der Waals surface area contributed by atoms with Gasteiger partial charge in [-0.3, -0.25) is 0 Å². The molecule has 2 aromatic carbocycles. The molecule has 0 heterocycles. The van der Waals surface area contributed by atoms with Gasteiger partial charge in [0.1, 0.15) is 12.2 Å². The van der Waals surface area contributed by atoms with Gasteiger partial charge in [0.25, 0.3) is 0 Å². The van der Waals surface area contributed by atoms with Crippen LogP contribution in [0.4, 0.5) is 0 Å². The van der Waals surface area contributed by atoms with Crippen LogP contribution in [-0.4, -0.2) is 11.1 Å². The minimum Gasteiger partial charge on any atom is -0.486 e. The van der Waals surface area contributed by atoms with Crippen LogP contribution in [0.3, 0.4) is 0 Å². The Labute approximate surface area is 141 Å². The Morgan fingerprint density at radius 3 is 2.24 bits per heavy atom. The van der Waals surface area contributed by atoms with Gasteiger partial charge in [0.05, 0.1) is 5.02 Å². The van der Waals surface area contributed by atoms with Crippen LogP contribution in [0, 0.1) is 0 Å². The molecule has 1 N–H and O–H groups in total. The highest BCUT2D eigenvalue weighted by atomic mass is 35.5. The zero-order valence-corrected chi connectivity index (χ0v) is 13.4. The number of ether oxygens (including phenoxy) is 1. The Kier molecular flexibility index (Phi) is 5.22. The lowest BCUT2D eigenvalue weighted by atomic mass is 10.2. The van der Waals surface area contributed by atoms with E-state index in [9.17, 15) is 9.90 Å². The van der Waals surface area contributed by atoms with E-state index < -0.39 is 5.97 Å². The molecule has 0 atom stereocenters. The highest BCUT2D eigenvalue weighted by molar-refractivity contribution is 6.36. The third-order valence-electron chi connectivity index (χ3n) is 2.66. The fourth-order valence-electron chi connectivity index (χ4n) is 1.68. The van der Waals surface area contributed by atoms with Crippen molar-refractivity contribution in [1.82, 2.24) is 0 Å². The molecular weight excluding hydrogens is 358 g/mol. The van der Waals surface area contributed by atoms with Crippen LogP contribution >= 0.6 is 46.4 Å². The molecule has 0 aromatic heterocycles. The molecule has 0 aliphatic heterocycles. The van der Waals surface area contributed by atoms with Gasteiger partial charge in [0.2, 0.25) is 0 Å². The summed E-state index contributed by atoms with van der Waals surface area (Å²) in [7, 11) is 0. The molecule has 3 nitrogen and oxygen atoms in total. The highest BCUT2D eigenvalue weighted by Crippen LogP contribution is 2.34. The van der Waals surface area contributed by atoms with E-state index in [4.69, 9.17) is 51.1 Å². The normalized spacial score (nSPS) is 10.5. The summed E-state index contributed by atoms with van der Waals surface area (Å²) in [5.41, 5.74) is 0.416. The van der Waals surface area contributed by atoms with Gasteiger partial charge in [-0.05, 0) is 24.3 Å². The molecule has 110 valence electrons. The quantitative estimate of drug-likeness (QED) is 0.769. The molecule has 0 saturated heterocycles. The van der Waals surface area contributed by atoms with Crippen molar-refractivity contribution >= 4 is 52.4 Å². The first-order chi connectivity index (χ1) is 9.90. The number of benzene rings is 2. The molecule has 7 heteroatoms. The summed E-state index contributed by atoms with van der Waals surface area (Å²) in [5, 5.41) is 10.3. The lowest BCUT2D eigenvalue weighted by Gasteiger charge is -2.13. The zero-order chi connectivity index (χ0) is 15.6. The molecule has 0 fully saturated rings. The Hall–Kier alpha value is -1.13. The third kappa shape index (κ3) is 3.74. The first-order valence-corrected chi connectivity index (χ1v) is 7.19. The fraction of sp³-hybridized carbons (Fsp3) is 0.0714. The third-order valence-corrected chi connectivity index (χ3v) is 3.87. The van der Waals surface area contributed by atoms with Crippen molar-refractivity contribution < 1.29 is 14.6 Å². The van der Waals surface area contributed by atoms with Crippen LogP contribution in [0.1, 0.15) is 15.9 Å². The first kappa shape index (κ1) is 16.2. The van der Waals surface area contributed by atoms with E-state index >= 15 is 0 Å². The standard InChI is InChI=1S/C14H8Cl4O3/c15-7-4-8(14(19)20)13(12(18)5-7)21-6-9-10(16)2-1-3-11(9)17/h1-5H,6H2,(H,19,20). The molecule has 21 heavy (non-hydrogen) atoms. The Bertz CT molecular complexity index is 681. The maximum Gasteiger partial charge on any atom is 0.339 e. The maximum atomic E-state index is 11.2. The van der Waals surface area contributed by atoms with Gasteiger partial charge in [-0.15, -0.1) is 0 Å². The van der Waals surface area contributed by atoms with E-state index in [0.29, 0.717) is 15.6 Å². The van der Waals surface area contributed by atoms with Crippen LogP contribution in [-0.2, 0) is 6.61 Å². The number of carboxylic acid groups (broad SMARTS) is 1. The fourth-order valence-corrected chi connectivity index (χ4v) is 2.74. The highest BCUT2D eigenvalue weighted by Gasteiger charge is 2.17. The zero-order valence-electron chi connectivity index (χ0n) is 10.4. The summed E-state index contributed by atoms with van der Waals surface area (Å²) in [5.74, 6) is -1.18. The molecule has 0 aliphatic carbocycles. The predicted octanol–water partition coefficient (Wildman–Crippen LogP) is 5.58. The lowest BCUT2D eigenvalue weighted by molar-refractivity contribution is 0.0692. The molecule has 2 rings (SSSR count). The number of carbonyl (C=O) groups is 1. The summed E-state index contributed by atoms with van der Waals surface area (Å²) < 4.78 is 5.49. The number of carboxylic acids is 1. The number of aromatic carboxylic acids is 1. The summed E-state index contributed by atoms with van der Waals surface area (Å²) in [6.45, 7) is -0.0138. The van der Waals surface area contributed by atoms with Crippen molar-refractivity contribution in [1.29, 1.82) is 0 Å². The van der Waals surface area contributed by atoms with E-state index in [2.05, 4.69) is 0 Å². The van der Waals surface area contributed by atoms with Crippen LogP contribution < -0.4 is 4.74 Å². The number of hydrogen-bond acceptors (Lipinski definition) is 2. The van der Waals surface area contributed by atoms with Crippen molar-refractivity contribution in [3.63, 3.8) is 0 Å². The van der Waals surface area contributed by atoms with Gasteiger partial charge < -0.3 is 9.84 Å².